The number of fused-ring (bicyclic) bond motifs is 1. The maximum absolute atomic E-state index is 12.5. The van der Waals surface area contributed by atoms with Crippen molar-refractivity contribution in [3.63, 3.8) is 0 Å². The van der Waals surface area contributed by atoms with Gasteiger partial charge in [0.1, 0.15) is 5.38 Å². The molecule has 0 amide bonds. The van der Waals surface area contributed by atoms with Gasteiger partial charge in [-0.05, 0) is 26.7 Å². The maximum Gasteiger partial charge on any atom is 0.336 e. The molecule has 2 rings (SSSR count). The molecule has 116 valence electrons. The van der Waals surface area contributed by atoms with E-state index in [-0.39, 0.29) is 11.7 Å². The Morgan fingerprint density at radius 3 is 2.67 bits per heavy atom. The van der Waals surface area contributed by atoms with Gasteiger partial charge < -0.3 is 9.47 Å². The highest BCUT2D eigenvalue weighted by atomic mass is 35.5. The normalized spacial score (nSPS) is 36.9. The number of ketones is 1. The Bertz CT molecular complexity index is 534. The molecular formula is C16H21ClO4. The molecule has 21 heavy (non-hydrogen) atoms. The van der Waals surface area contributed by atoms with Crippen LogP contribution in [0.15, 0.2) is 22.8 Å². The number of halogens is 1. The molecule has 0 aromatic heterocycles. The predicted octanol–water partition coefficient (Wildman–Crippen LogP) is 3.15. The Labute approximate surface area is 130 Å². The maximum atomic E-state index is 12.5. The van der Waals surface area contributed by atoms with Crippen molar-refractivity contribution in [2.24, 2.45) is 5.92 Å². The van der Waals surface area contributed by atoms with Gasteiger partial charge in [-0.1, -0.05) is 18.6 Å². The van der Waals surface area contributed by atoms with Crippen molar-refractivity contribution in [2.75, 3.05) is 7.11 Å². The lowest BCUT2D eigenvalue weighted by Gasteiger charge is -2.32. The van der Waals surface area contributed by atoms with Crippen molar-refractivity contribution in [2.45, 2.75) is 51.2 Å². The van der Waals surface area contributed by atoms with Crippen LogP contribution in [0.3, 0.4) is 0 Å². The minimum absolute atomic E-state index is 0.0845. The monoisotopic (exact) mass is 312 g/mol. The molecular weight excluding hydrogens is 292 g/mol. The molecule has 0 unspecified atom stereocenters. The summed E-state index contributed by atoms with van der Waals surface area (Å²) < 4.78 is 11.0. The molecule has 0 aromatic carbocycles. The number of esters is 1. The average molecular weight is 313 g/mol. The molecule has 1 heterocycles. The highest BCUT2D eigenvalue weighted by molar-refractivity contribution is 6.34. The van der Waals surface area contributed by atoms with Crippen LogP contribution in [-0.4, -0.2) is 30.0 Å². The summed E-state index contributed by atoms with van der Waals surface area (Å²) in [7, 11) is 1.47. The summed E-state index contributed by atoms with van der Waals surface area (Å²) in [5, 5.41) is -0.891. The summed E-state index contributed by atoms with van der Waals surface area (Å²) in [5.41, 5.74) is 1.90. The first-order valence-electron chi connectivity index (χ1n) is 7.15. The third kappa shape index (κ3) is 2.79. The van der Waals surface area contributed by atoms with E-state index in [1.807, 2.05) is 13.8 Å². The van der Waals surface area contributed by atoms with Gasteiger partial charge in [0, 0.05) is 30.6 Å². The minimum Gasteiger partial charge on any atom is -0.425 e. The Morgan fingerprint density at radius 1 is 1.38 bits per heavy atom. The number of Topliss-reactive ketones (excluding diaryl/α,β-unsaturated/α-hetero) is 1. The van der Waals surface area contributed by atoms with Crippen LogP contribution in [0, 0.1) is 5.92 Å². The molecule has 0 radical (unpaired) electrons. The number of allylic oxidation sites excluding steroid dienone is 1. The predicted molar refractivity (Wildman–Crippen MR) is 80.0 cm³/mol. The summed E-state index contributed by atoms with van der Waals surface area (Å²) in [5.74, 6) is -1.97. The summed E-state index contributed by atoms with van der Waals surface area (Å²) >= 11 is 6.40. The molecule has 0 aromatic rings. The van der Waals surface area contributed by atoms with Gasteiger partial charge in [-0.2, -0.15) is 0 Å². The molecule has 0 bridgehead atoms. The number of rotatable bonds is 1. The average Bonchev–Trinajstić information content (AvgIpc) is 2.68. The summed E-state index contributed by atoms with van der Waals surface area (Å²) in [6.45, 7) is 5.47. The Hall–Kier alpha value is -1.13. The standard InChI is InChI=1S/C16H21ClO4/c1-9-6-5-7-10(2)14(18)13(17)12-11(3)15(19)21-16(12,8-9)20-4/h6,10,13H,5,7-8H2,1-4H3/b9-6+/t10-,13-,16+/m0/s1. The van der Waals surface area contributed by atoms with E-state index in [0.717, 1.165) is 18.4 Å². The first kappa shape index (κ1) is 16.2. The van der Waals surface area contributed by atoms with Crippen LogP contribution in [0.1, 0.15) is 40.0 Å². The number of methoxy groups -OCH3 is 1. The second kappa shape index (κ2) is 5.93. The lowest BCUT2D eigenvalue weighted by Crippen LogP contribution is -2.41. The van der Waals surface area contributed by atoms with Crippen molar-refractivity contribution in [1.82, 2.24) is 0 Å². The van der Waals surface area contributed by atoms with E-state index in [4.69, 9.17) is 21.1 Å². The fourth-order valence-electron chi connectivity index (χ4n) is 2.97. The van der Waals surface area contributed by atoms with Gasteiger partial charge in [-0.3, -0.25) is 4.79 Å². The van der Waals surface area contributed by atoms with Gasteiger partial charge in [-0.25, -0.2) is 4.79 Å². The van der Waals surface area contributed by atoms with Gasteiger partial charge in [0.2, 0.25) is 5.79 Å². The van der Waals surface area contributed by atoms with Crippen LogP contribution in [0.2, 0.25) is 0 Å². The van der Waals surface area contributed by atoms with Crippen LogP contribution in [0.4, 0.5) is 0 Å². The summed E-state index contributed by atoms with van der Waals surface area (Å²) in [6, 6.07) is 0. The third-order valence-electron chi connectivity index (χ3n) is 4.30. The number of hydrogen-bond acceptors (Lipinski definition) is 4. The first-order chi connectivity index (χ1) is 9.82. The van der Waals surface area contributed by atoms with Crippen LogP contribution in [0.5, 0.6) is 0 Å². The SMILES string of the molecule is CO[C@@]12C/C(C)=C/CC[C@H](C)C(=O)[C@@H](Cl)C1=C(C)C(=O)O2. The fourth-order valence-corrected chi connectivity index (χ4v) is 3.51. The Morgan fingerprint density at radius 2 is 2.05 bits per heavy atom. The smallest absolute Gasteiger partial charge is 0.336 e. The van der Waals surface area contributed by atoms with Crippen molar-refractivity contribution in [3.8, 4) is 0 Å². The molecule has 0 spiro atoms. The fraction of sp³-hybridized carbons (Fsp3) is 0.625. The Kier molecular flexibility index (Phi) is 4.59. The van der Waals surface area contributed by atoms with Gasteiger partial charge in [0.15, 0.2) is 5.78 Å². The first-order valence-corrected chi connectivity index (χ1v) is 7.59. The molecule has 4 nitrogen and oxygen atoms in total. The van der Waals surface area contributed by atoms with E-state index < -0.39 is 17.1 Å². The summed E-state index contributed by atoms with van der Waals surface area (Å²) in [4.78, 5) is 24.5. The van der Waals surface area contributed by atoms with Crippen LogP contribution in [0.25, 0.3) is 0 Å². The number of carbonyl (C=O) groups is 2. The number of carbonyl (C=O) groups excluding carboxylic acids is 2. The molecule has 0 N–H and O–H groups in total. The Balaban J connectivity index is 2.57. The van der Waals surface area contributed by atoms with E-state index in [1.54, 1.807) is 6.92 Å². The largest absolute Gasteiger partial charge is 0.425 e. The van der Waals surface area contributed by atoms with Crippen LogP contribution >= 0.6 is 11.6 Å². The second-order valence-electron chi connectivity index (χ2n) is 5.86. The number of ether oxygens (including phenoxy) is 2. The van der Waals surface area contributed by atoms with E-state index in [0.29, 0.717) is 17.6 Å². The zero-order valence-electron chi connectivity index (χ0n) is 12.9. The van der Waals surface area contributed by atoms with E-state index >= 15 is 0 Å². The highest BCUT2D eigenvalue weighted by Gasteiger charge is 2.51. The van der Waals surface area contributed by atoms with E-state index in [9.17, 15) is 9.59 Å². The molecule has 0 saturated heterocycles. The number of hydrogen-bond donors (Lipinski definition) is 0. The molecule has 1 aliphatic carbocycles. The minimum atomic E-state index is -1.25. The zero-order valence-corrected chi connectivity index (χ0v) is 13.6. The van der Waals surface area contributed by atoms with Gasteiger partial charge in [-0.15, -0.1) is 11.6 Å². The van der Waals surface area contributed by atoms with Crippen LogP contribution < -0.4 is 0 Å². The third-order valence-corrected chi connectivity index (χ3v) is 4.73. The highest BCUT2D eigenvalue weighted by Crippen LogP contribution is 2.43. The van der Waals surface area contributed by atoms with Gasteiger partial charge in [0.25, 0.3) is 0 Å². The lowest BCUT2D eigenvalue weighted by molar-refractivity contribution is -0.192. The molecule has 2 aliphatic rings. The van der Waals surface area contributed by atoms with E-state index in [2.05, 4.69) is 6.08 Å². The molecule has 0 saturated carbocycles. The molecule has 0 fully saturated rings. The van der Waals surface area contributed by atoms with Crippen molar-refractivity contribution in [1.29, 1.82) is 0 Å². The molecule has 1 aliphatic heterocycles. The van der Waals surface area contributed by atoms with Crippen molar-refractivity contribution in [3.05, 3.63) is 22.8 Å². The molecule has 3 atom stereocenters. The van der Waals surface area contributed by atoms with Crippen molar-refractivity contribution >= 4 is 23.4 Å². The van der Waals surface area contributed by atoms with Crippen molar-refractivity contribution < 1.29 is 19.1 Å². The second-order valence-corrected chi connectivity index (χ2v) is 6.29. The van der Waals surface area contributed by atoms with Crippen LogP contribution in [-0.2, 0) is 19.1 Å². The van der Waals surface area contributed by atoms with E-state index in [1.165, 1.54) is 7.11 Å². The topological polar surface area (TPSA) is 52.6 Å². The lowest BCUT2D eigenvalue weighted by atomic mass is 9.86. The summed E-state index contributed by atoms with van der Waals surface area (Å²) in [6.07, 6.45) is 4.01. The quantitative estimate of drug-likeness (QED) is 0.424. The van der Waals surface area contributed by atoms with Gasteiger partial charge >= 0.3 is 5.97 Å². The zero-order chi connectivity index (χ0) is 15.8. The molecule has 5 heteroatoms. The number of alkyl halides is 1. The van der Waals surface area contributed by atoms with Gasteiger partial charge in [0.05, 0.1) is 0 Å².